The monoisotopic (exact) mass is 264 g/mol. The van der Waals surface area contributed by atoms with Crippen molar-refractivity contribution in [1.82, 2.24) is 0 Å². The van der Waals surface area contributed by atoms with E-state index in [9.17, 15) is 18.0 Å². The van der Waals surface area contributed by atoms with Gasteiger partial charge in [-0.15, -0.1) is 0 Å². The van der Waals surface area contributed by atoms with Gasteiger partial charge in [0, 0.05) is 6.61 Å². The zero-order chi connectivity index (χ0) is 13.8. The molecule has 0 heterocycles. The number of benzene rings is 1. The van der Waals surface area contributed by atoms with E-state index in [1.165, 1.54) is 6.07 Å². The van der Waals surface area contributed by atoms with Crippen molar-refractivity contribution >= 4 is 5.97 Å². The standard InChI is InChI=1S/C11H11F3O4/c12-11(13,14)8-5-7(3-4-15)1-2-9(8)18-6-10(16)17/h1-2,5,15H,3-4,6H2,(H,16,17). The fourth-order valence-electron chi connectivity index (χ4n) is 1.35. The van der Waals surface area contributed by atoms with Crippen LogP contribution in [0.1, 0.15) is 11.1 Å². The molecular weight excluding hydrogens is 253 g/mol. The van der Waals surface area contributed by atoms with Gasteiger partial charge in [0.25, 0.3) is 0 Å². The largest absolute Gasteiger partial charge is 0.481 e. The maximum atomic E-state index is 12.7. The number of aliphatic hydroxyl groups is 1. The minimum Gasteiger partial charge on any atom is -0.481 e. The summed E-state index contributed by atoms with van der Waals surface area (Å²) in [5, 5.41) is 17.0. The molecule has 0 spiro atoms. The van der Waals surface area contributed by atoms with E-state index in [1.807, 2.05) is 0 Å². The molecule has 100 valence electrons. The molecule has 0 atom stereocenters. The Balaban J connectivity index is 3.05. The first kappa shape index (κ1) is 14.3. The third-order valence-electron chi connectivity index (χ3n) is 2.10. The molecule has 0 aliphatic carbocycles. The lowest BCUT2D eigenvalue weighted by molar-refractivity contribution is -0.143. The van der Waals surface area contributed by atoms with Crippen molar-refractivity contribution in [3.8, 4) is 5.75 Å². The average Bonchev–Trinajstić information content (AvgIpc) is 2.26. The van der Waals surface area contributed by atoms with Gasteiger partial charge in [0.05, 0.1) is 5.56 Å². The molecule has 18 heavy (non-hydrogen) atoms. The number of hydrogen-bond acceptors (Lipinski definition) is 3. The highest BCUT2D eigenvalue weighted by atomic mass is 19.4. The Morgan fingerprint density at radius 3 is 2.50 bits per heavy atom. The van der Waals surface area contributed by atoms with E-state index in [2.05, 4.69) is 4.74 Å². The predicted molar refractivity (Wildman–Crippen MR) is 55.4 cm³/mol. The second-order valence-corrected chi connectivity index (χ2v) is 3.48. The van der Waals surface area contributed by atoms with Gasteiger partial charge in [-0.25, -0.2) is 4.79 Å². The molecule has 0 aromatic heterocycles. The summed E-state index contributed by atoms with van der Waals surface area (Å²) in [6.07, 6.45) is -4.55. The summed E-state index contributed by atoms with van der Waals surface area (Å²) < 4.78 is 42.7. The van der Waals surface area contributed by atoms with E-state index in [0.717, 1.165) is 12.1 Å². The van der Waals surface area contributed by atoms with Crippen molar-refractivity contribution in [2.24, 2.45) is 0 Å². The Bertz CT molecular complexity index is 429. The van der Waals surface area contributed by atoms with Crippen molar-refractivity contribution in [3.63, 3.8) is 0 Å². The molecule has 1 rings (SSSR count). The Kier molecular flexibility index (Phi) is 4.55. The Morgan fingerprint density at radius 1 is 1.33 bits per heavy atom. The number of carboxylic acids is 1. The highest BCUT2D eigenvalue weighted by Crippen LogP contribution is 2.36. The van der Waals surface area contributed by atoms with Crippen molar-refractivity contribution in [2.45, 2.75) is 12.6 Å². The van der Waals surface area contributed by atoms with Gasteiger partial charge < -0.3 is 14.9 Å². The van der Waals surface area contributed by atoms with Crippen LogP contribution in [-0.4, -0.2) is 29.4 Å². The number of aliphatic carboxylic acids is 1. The molecule has 0 unspecified atom stereocenters. The van der Waals surface area contributed by atoms with Crippen LogP contribution >= 0.6 is 0 Å². The molecule has 1 aromatic carbocycles. The van der Waals surface area contributed by atoms with Crippen molar-refractivity contribution in [3.05, 3.63) is 29.3 Å². The highest BCUT2D eigenvalue weighted by molar-refractivity contribution is 5.68. The van der Waals surface area contributed by atoms with E-state index in [4.69, 9.17) is 10.2 Å². The summed E-state index contributed by atoms with van der Waals surface area (Å²) in [4.78, 5) is 10.3. The molecular formula is C11H11F3O4. The van der Waals surface area contributed by atoms with Crippen LogP contribution in [0, 0.1) is 0 Å². The first-order valence-corrected chi connectivity index (χ1v) is 5.00. The second kappa shape index (κ2) is 5.72. The van der Waals surface area contributed by atoms with Crippen LogP contribution in [0.4, 0.5) is 13.2 Å². The van der Waals surface area contributed by atoms with Gasteiger partial charge in [-0.2, -0.15) is 13.2 Å². The third-order valence-corrected chi connectivity index (χ3v) is 2.10. The smallest absolute Gasteiger partial charge is 0.419 e. The van der Waals surface area contributed by atoms with E-state index < -0.39 is 30.1 Å². The van der Waals surface area contributed by atoms with E-state index in [1.54, 1.807) is 0 Å². The summed E-state index contributed by atoms with van der Waals surface area (Å²) >= 11 is 0. The zero-order valence-corrected chi connectivity index (χ0v) is 9.20. The lowest BCUT2D eigenvalue weighted by atomic mass is 10.1. The molecule has 0 saturated heterocycles. The quantitative estimate of drug-likeness (QED) is 0.849. The van der Waals surface area contributed by atoms with Crippen molar-refractivity contribution in [1.29, 1.82) is 0 Å². The van der Waals surface area contributed by atoms with Crippen LogP contribution < -0.4 is 4.74 Å². The van der Waals surface area contributed by atoms with Crippen LogP contribution in [0.2, 0.25) is 0 Å². The van der Waals surface area contributed by atoms with E-state index in [-0.39, 0.29) is 13.0 Å². The first-order valence-electron chi connectivity index (χ1n) is 5.00. The summed E-state index contributed by atoms with van der Waals surface area (Å²) in [7, 11) is 0. The summed E-state index contributed by atoms with van der Waals surface area (Å²) in [5.74, 6) is -1.89. The molecule has 7 heteroatoms. The number of aliphatic hydroxyl groups excluding tert-OH is 1. The zero-order valence-electron chi connectivity index (χ0n) is 9.20. The Labute approximate surface area is 101 Å². The molecule has 0 bridgehead atoms. The predicted octanol–water partition coefficient (Wildman–Crippen LogP) is 1.70. The number of rotatable bonds is 5. The molecule has 0 aliphatic heterocycles. The lowest BCUT2D eigenvalue weighted by Gasteiger charge is -2.14. The summed E-state index contributed by atoms with van der Waals surface area (Å²) in [5.41, 5.74) is -0.748. The van der Waals surface area contributed by atoms with Gasteiger partial charge in [0.15, 0.2) is 6.61 Å². The fraction of sp³-hybridized carbons (Fsp3) is 0.364. The van der Waals surface area contributed by atoms with Crippen LogP contribution in [0.5, 0.6) is 5.75 Å². The average molecular weight is 264 g/mol. The van der Waals surface area contributed by atoms with Crippen molar-refractivity contribution < 1.29 is 32.9 Å². The normalized spacial score (nSPS) is 11.3. The van der Waals surface area contributed by atoms with Gasteiger partial charge in [0.2, 0.25) is 0 Å². The SMILES string of the molecule is O=C(O)COc1ccc(CCO)cc1C(F)(F)F. The number of alkyl halides is 3. The molecule has 1 aromatic rings. The summed E-state index contributed by atoms with van der Waals surface area (Å²) in [6.45, 7) is -1.12. The molecule has 0 radical (unpaired) electrons. The topological polar surface area (TPSA) is 66.8 Å². The van der Waals surface area contributed by atoms with Crippen molar-refractivity contribution in [2.75, 3.05) is 13.2 Å². The molecule has 0 fully saturated rings. The molecule has 0 amide bonds. The van der Waals surface area contributed by atoms with Crippen LogP contribution in [0.3, 0.4) is 0 Å². The Morgan fingerprint density at radius 2 is 2.00 bits per heavy atom. The fourth-order valence-corrected chi connectivity index (χ4v) is 1.35. The van der Waals surface area contributed by atoms with Gasteiger partial charge in [-0.1, -0.05) is 6.07 Å². The minimum absolute atomic E-state index is 0.0856. The lowest BCUT2D eigenvalue weighted by Crippen LogP contribution is -2.14. The van der Waals surface area contributed by atoms with Gasteiger partial charge in [-0.05, 0) is 24.1 Å². The van der Waals surface area contributed by atoms with Gasteiger partial charge >= 0.3 is 12.1 Å². The third kappa shape index (κ3) is 3.92. The number of halogens is 3. The maximum Gasteiger partial charge on any atom is 0.419 e. The second-order valence-electron chi connectivity index (χ2n) is 3.48. The van der Waals surface area contributed by atoms with Crippen LogP contribution in [0.15, 0.2) is 18.2 Å². The highest BCUT2D eigenvalue weighted by Gasteiger charge is 2.34. The van der Waals surface area contributed by atoms with E-state index >= 15 is 0 Å². The van der Waals surface area contributed by atoms with Gasteiger partial charge in [-0.3, -0.25) is 0 Å². The summed E-state index contributed by atoms with van der Waals surface area (Å²) in [6, 6.07) is 3.24. The number of carbonyl (C=O) groups is 1. The van der Waals surface area contributed by atoms with E-state index in [0.29, 0.717) is 5.56 Å². The van der Waals surface area contributed by atoms with Gasteiger partial charge in [0.1, 0.15) is 5.75 Å². The maximum absolute atomic E-state index is 12.7. The van der Waals surface area contributed by atoms with Crippen LogP contribution in [0.25, 0.3) is 0 Å². The van der Waals surface area contributed by atoms with Crippen LogP contribution in [-0.2, 0) is 17.4 Å². The number of hydrogen-bond donors (Lipinski definition) is 2. The number of ether oxygens (including phenoxy) is 1. The molecule has 2 N–H and O–H groups in total. The number of carboxylic acid groups (broad SMARTS) is 1. The molecule has 4 nitrogen and oxygen atoms in total. The first-order chi connectivity index (χ1) is 8.34. The Hall–Kier alpha value is -1.76. The molecule has 0 saturated carbocycles. The molecule has 0 aliphatic rings. The minimum atomic E-state index is -4.64.